The molecule has 1 N–H and O–H groups in total. The molecule has 0 atom stereocenters. The zero-order valence-electron chi connectivity index (χ0n) is 25.8. The highest BCUT2D eigenvalue weighted by atomic mass is 16.5. The third-order valence-electron chi connectivity index (χ3n) is 8.02. The van der Waals surface area contributed by atoms with Gasteiger partial charge < -0.3 is 14.8 Å². The maximum absolute atomic E-state index is 13.5. The second-order valence-corrected chi connectivity index (χ2v) is 11.4. The molecule has 0 radical (unpaired) electrons. The Morgan fingerprint density at radius 3 is 2.48 bits per heavy atom. The molecule has 0 unspecified atom stereocenters. The normalized spacial score (nSPS) is 14.2. The predicted molar refractivity (Wildman–Crippen MR) is 175 cm³/mol. The Labute approximate surface area is 258 Å². The van der Waals surface area contributed by atoms with E-state index in [1.165, 1.54) is 11.8 Å². The second kappa shape index (κ2) is 14.4. The first-order valence-corrected chi connectivity index (χ1v) is 15.1. The summed E-state index contributed by atoms with van der Waals surface area (Å²) in [6.07, 6.45) is 1.38. The van der Waals surface area contributed by atoms with Crippen molar-refractivity contribution in [1.29, 1.82) is 0 Å². The van der Waals surface area contributed by atoms with E-state index in [1.54, 1.807) is 11.7 Å². The van der Waals surface area contributed by atoms with Crippen LogP contribution < -0.4 is 15.7 Å². The molecule has 1 amide bonds. The number of hydrogen-bond acceptors (Lipinski definition) is 7. The van der Waals surface area contributed by atoms with Crippen molar-refractivity contribution >= 4 is 22.5 Å². The van der Waals surface area contributed by atoms with Crippen LogP contribution in [0, 0.1) is 0 Å². The van der Waals surface area contributed by atoms with Crippen molar-refractivity contribution in [1.82, 2.24) is 19.4 Å². The van der Waals surface area contributed by atoms with E-state index in [4.69, 9.17) is 9.47 Å². The van der Waals surface area contributed by atoms with Gasteiger partial charge in [-0.2, -0.15) is 4.98 Å². The molecule has 1 saturated heterocycles. The minimum absolute atomic E-state index is 0.0561. The Hall–Kier alpha value is -4.31. The SMILES string of the molecule is C=COc1ccc2c(c1)c(-c1ccc(C(C)C)cc1)nc(=O)n2Cc1cccc(NC(=O)CN2CCN(CCOC)CC2)c1. The molecule has 4 aromatic rings. The quantitative estimate of drug-likeness (QED) is 0.232. The van der Waals surface area contributed by atoms with Crippen molar-refractivity contribution in [2.45, 2.75) is 26.3 Å². The van der Waals surface area contributed by atoms with Crippen molar-refractivity contribution in [3.63, 3.8) is 0 Å². The Kier molecular flexibility index (Phi) is 10.2. The number of carbonyl (C=O) groups excluding carboxylic acids is 1. The van der Waals surface area contributed by atoms with E-state index in [9.17, 15) is 9.59 Å². The van der Waals surface area contributed by atoms with E-state index in [2.05, 4.69) is 52.7 Å². The lowest BCUT2D eigenvalue weighted by atomic mass is 9.99. The third kappa shape index (κ3) is 7.60. The van der Waals surface area contributed by atoms with Gasteiger partial charge in [0.15, 0.2) is 0 Å². The lowest BCUT2D eigenvalue weighted by molar-refractivity contribution is -0.117. The number of methoxy groups -OCH3 is 1. The van der Waals surface area contributed by atoms with E-state index in [-0.39, 0.29) is 11.6 Å². The average molecular weight is 596 g/mol. The molecule has 9 heteroatoms. The van der Waals surface area contributed by atoms with Crippen LogP contribution in [0.5, 0.6) is 5.75 Å². The number of aromatic nitrogens is 2. The van der Waals surface area contributed by atoms with Crippen molar-refractivity contribution in [2.75, 3.05) is 58.3 Å². The minimum atomic E-state index is -0.350. The van der Waals surface area contributed by atoms with Gasteiger partial charge in [-0.25, -0.2) is 4.79 Å². The molecule has 0 bridgehead atoms. The Balaban J connectivity index is 1.35. The van der Waals surface area contributed by atoms with Gasteiger partial charge in [0, 0.05) is 56.5 Å². The summed E-state index contributed by atoms with van der Waals surface area (Å²) < 4.78 is 12.4. The molecular formula is C35H41N5O4. The molecule has 9 nitrogen and oxygen atoms in total. The number of hydrogen-bond donors (Lipinski definition) is 1. The predicted octanol–water partition coefficient (Wildman–Crippen LogP) is 4.96. The number of carbonyl (C=O) groups is 1. The molecule has 2 heterocycles. The van der Waals surface area contributed by atoms with Gasteiger partial charge >= 0.3 is 5.69 Å². The standard InChI is InChI=1S/C35H41N5O4/c1-5-44-30-13-14-32-31(22-30)34(28-11-9-27(10-12-28)25(2)3)37-35(42)40(32)23-26-7-6-8-29(21-26)36-33(41)24-39-17-15-38(16-18-39)19-20-43-4/h5-14,21-22,25H,1,15-20,23-24H2,2-4H3,(H,36,41). The van der Waals surface area contributed by atoms with Crippen LogP contribution in [0.4, 0.5) is 5.69 Å². The maximum Gasteiger partial charge on any atom is 0.348 e. The van der Waals surface area contributed by atoms with Crippen LogP contribution in [0.1, 0.15) is 30.9 Å². The van der Waals surface area contributed by atoms with Crippen LogP contribution >= 0.6 is 0 Å². The van der Waals surface area contributed by atoms with Crippen LogP contribution in [-0.2, 0) is 16.1 Å². The Morgan fingerprint density at radius 1 is 1.02 bits per heavy atom. The summed E-state index contributed by atoms with van der Waals surface area (Å²) in [5, 5.41) is 3.83. The molecule has 0 aliphatic carbocycles. The summed E-state index contributed by atoms with van der Waals surface area (Å²) in [5.41, 5.74) is 4.64. The first kappa shape index (κ1) is 31.1. The highest BCUT2D eigenvalue weighted by molar-refractivity contribution is 5.94. The molecule has 1 fully saturated rings. The van der Waals surface area contributed by atoms with Crippen LogP contribution in [0.15, 0.2) is 84.4 Å². The summed E-state index contributed by atoms with van der Waals surface area (Å²) in [6.45, 7) is 13.8. The van der Waals surface area contributed by atoms with Gasteiger partial charge in [0.05, 0.1) is 37.2 Å². The van der Waals surface area contributed by atoms with Gasteiger partial charge in [-0.3, -0.25) is 19.2 Å². The topological polar surface area (TPSA) is 88.9 Å². The van der Waals surface area contributed by atoms with Crippen LogP contribution in [0.2, 0.25) is 0 Å². The van der Waals surface area contributed by atoms with Crippen molar-refractivity contribution in [3.8, 4) is 17.0 Å². The van der Waals surface area contributed by atoms with E-state index in [0.29, 0.717) is 36.1 Å². The lowest BCUT2D eigenvalue weighted by Crippen LogP contribution is -2.49. The van der Waals surface area contributed by atoms with Gasteiger partial charge in [0.1, 0.15) is 5.75 Å². The second-order valence-electron chi connectivity index (χ2n) is 11.4. The van der Waals surface area contributed by atoms with Crippen LogP contribution in [0.3, 0.4) is 0 Å². The maximum atomic E-state index is 13.5. The molecular weight excluding hydrogens is 554 g/mol. The van der Waals surface area contributed by atoms with E-state index < -0.39 is 0 Å². The van der Waals surface area contributed by atoms with E-state index in [1.807, 2.05) is 54.6 Å². The number of rotatable bonds is 12. The largest absolute Gasteiger partial charge is 0.466 e. The number of anilines is 1. The molecule has 0 saturated carbocycles. The highest BCUT2D eigenvalue weighted by Gasteiger charge is 2.19. The van der Waals surface area contributed by atoms with Gasteiger partial charge in [-0.15, -0.1) is 0 Å². The van der Waals surface area contributed by atoms with E-state index in [0.717, 1.165) is 61.4 Å². The summed E-state index contributed by atoms with van der Waals surface area (Å²) in [4.78, 5) is 35.4. The molecule has 5 rings (SSSR count). The summed E-state index contributed by atoms with van der Waals surface area (Å²) in [6, 6.07) is 21.4. The molecule has 1 aromatic heterocycles. The summed E-state index contributed by atoms with van der Waals surface area (Å²) in [7, 11) is 1.71. The average Bonchev–Trinajstić information content (AvgIpc) is 3.02. The number of piperazine rings is 1. The number of amides is 1. The fourth-order valence-corrected chi connectivity index (χ4v) is 5.55. The van der Waals surface area contributed by atoms with Crippen molar-refractivity contribution in [3.05, 3.63) is 101 Å². The number of nitrogens with zero attached hydrogens (tertiary/aromatic N) is 4. The third-order valence-corrected chi connectivity index (χ3v) is 8.02. The molecule has 44 heavy (non-hydrogen) atoms. The fourth-order valence-electron chi connectivity index (χ4n) is 5.55. The molecule has 3 aromatic carbocycles. The molecule has 0 spiro atoms. The van der Waals surface area contributed by atoms with E-state index >= 15 is 0 Å². The molecule has 230 valence electrons. The van der Waals surface area contributed by atoms with Crippen molar-refractivity contribution in [2.24, 2.45) is 0 Å². The molecule has 1 aliphatic heterocycles. The van der Waals surface area contributed by atoms with Crippen molar-refractivity contribution < 1.29 is 14.3 Å². The number of fused-ring (bicyclic) bond motifs is 1. The highest BCUT2D eigenvalue weighted by Crippen LogP contribution is 2.30. The van der Waals surface area contributed by atoms with Gasteiger partial charge in [-0.1, -0.05) is 56.8 Å². The van der Waals surface area contributed by atoms with Crippen LogP contribution in [-0.4, -0.2) is 78.2 Å². The Bertz CT molecular complexity index is 1660. The summed E-state index contributed by atoms with van der Waals surface area (Å²) >= 11 is 0. The number of benzene rings is 3. The van der Waals surface area contributed by atoms with Crippen LogP contribution in [0.25, 0.3) is 22.2 Å². The lowest BCUT2D eigenvalue weighted by Gasteiger charge is -2.34. The Morgan fingerprint density at radius 2 is 1.77 bits per heavy atom. The van der Waals surface area contributed by atoms with Gasteiger partial charge in [0.2, 0.25) is 5.91 Å². The smallest absolute Gasteiger partial charge is 0.348 e. The summed E-state index contributed by atoms with van der Waals surface area (Å²) in [5.74, 6) is 0.955. The number of nitrogens with one attached hydrogen (secondary N) is 1. The minimum Gasteiger partial charge on any atom is -0.466 e. The molecule has 1 aliphatic rings. The zero-order valence-corrected chi connectivity index (χ0v) is 25.8. The van der Waals surface area contributed by atoms with Gasteiger partial charge in [-0.05, 0) is 47.4 Å². The zero-order chi connectivity index (χ0) is 31.1. The first-order valence-electron chi connectivity index (χ1n) is 15.1. The number of ether oxygens (including phenoxy) is 2. The first-order chi connectivity index (χ1) is 21.3. The monoisotopic (exact) mass is 595 g/mol. The van der Waals surface area contributed by atoms with Gasteiger partial charge in [0.25, 0.3) is 0 Å². The fraction of sp³-hybridized carbons (Fsp3) is 0.343.